The van der Waals surface area contributed by atoms with E-state index >= 15 is 0 Å². The molecule has 2 rings (SSSR count). The predicted molar refractivity (Wildman–Crippen MR) is 69.1 cm³/mol. The number of nitriles is 1. The van der Waals surface area contributed by atoms with Gasteiger partial charge in [-0.25, -0.2) is 0 Å². The van der Waals surface area contributed by atoms with E-state index in [1.807, 2.05) is 0 Å². The summed E-state index contributed by atoms with van der Waals surface area (Å²) in [6.07, 6.45) is 1.95. The molecule has 1 aliphatic carbocycles. The molecule has 1 aromatic rings. The van der Waals surface area contributed by atoms with Crippen molar-refractivity contribution in [3.8, 4) is 6.07 Å². The van der Waals surface area contributed by atoms with Crippen molar-refractivity contribution in [1.82, 2.24) is 0 Å². The fourth-order valence-corrected chi connectivity index (χ4v) is 2.93. The second-order valence-electron chi connectivity index (χ2n) is 4.44. The van der Waals surface area contributed by atoms with E-state index in [0.29, 0.717) is 10.6 Å². The number of rotatable bonds is 5. The Hall–Kier alpha value is -1.58. The van der Waals surface area contributed by atoms with Gasteiger partial charge in [-0.3, -0.25) is 10.1 Å². The van der Waals surface area contributed by atoms with Crippen LogP contribution >= 0.6 is 11.8 Å². The van der Waals surface area contributed by atoms with Crippen molar-refractivity contribution < 1.29 is 4.92 Å². The van der Waals surface area contributed by atoms with Crippen LogP contribution in [0.1, 0.15) is 12.8 Å². The van der Waals surface area contributed by atoms with Crippen molar-refractivity contribution in [1.29, 1.82) is 5.26 Å². The fourth-order valence-electron chi connectivity index (χ4n) is 1.77. The molecule has 2 N–H and O–H groups in total. The number of benzene rings is 1. The topological polar surface area (TPSA) is 93.0 Å². The molecule has 0 heterocycles. The third kappa shape index (κ3) is 2.63. The largest absolute Gasteiger partial charge is 0.312 e. The van der Waals surface area contributed by atoms with Crippen LogP contribution in [0.4, 0.5) is 5.69 Å². The summed E-state index contributed by atoms with van der Waals surface area (Å²) in [5.41, 5.74) is 5.23. The molecular formula is C12H13N3O2S. The zero-order valence-electron chi connectivity index (χ0n) is 9.70. The summed E-state index contributed by atoms with van der Waals surface area (Å²) in [5, 5.41) is 20.0. The first kappa shape index (κ1) is 12.9. The summed E-state index contributed by atoms with van der Waals surface area (Å²) in [4.78, 5) is 11.0. The maximum atomic E-state index is 10.9. The Kier molecular flexibility index (Phi) is 3.55. The summed E-state index contributed by atoms with van der Waals surface area (Å²) in [5.74, 6) is 0.622. The molecule has 18 heavy (non-hydrogen) atoms. The molecule has 0 aliphatic heterocycles. The Bertz CT molecular complexity index is 510. The van der Waals surface area contributed by atoms with Gasteiger partial charge in [-0.1, -0.05) is 12.1 Å². The van der Waals surface area contributed by atoms with Crippen molar-refractivity contribution in [2.24, 2.45) is 11.7 Å². The molecule has 0 bridgehead atoms. The van der Waals surface area contributed by atoms with Gasteiger partial charge < -0.3 is 5.73 Å². The highest BCUT2D eigenvalue weighted by molar-refractivity contribution is 7.99. The van der Waals surface area contributed by atoms with Crippen molar-refractivity contribution in [2.45, 2.75) is 23.3 Å². The molecule has 5 nitrogen and oxygen atoms in total. The van der Waals surface area contributed by atoms with E-state index < -0.39 is 10.5 Å². The number of hydrogen-bond acceptors (Lipinski definition) is 5. The Labute approximate surface area is 109 Å². The van der Waals surface area contributed by atoms with E-state index in [1.165, 1.54) is 17.8 Å². The monoisotopic (exact) mass is 263 g/mol. The maximum absolute atomic E-state index is 10.9. The Morgan fingerprint density at radius 3 is 2.78 bits per heavy atom. The zero-order chi connectivity index (χ0) is 13.2. The molecule has 1 fully saturated rings. The third-order valence-electron chi connectivity index (χ3n) is 3.04. The summed E-state index contributed by atoms with van der Waals surface area (Å²) >= 11 is 1.29. The second-order valence-corrected chi connectivity index (χ2v) is 5.46. The molecule has 1 atom stereocenters. The van der Waals surface area contributed by atoms with Gasteiger partial charge in [-0.05, 0) is 24.8 Å². The van der Waals surface area contributed by atoms with Crippen molar-refractivity contribution in [2.75, 3.05) is 5.75 Å². The number of nitrogens with two attached hydrogens (primary N) is 1. The fraction of sp³-hybridized carbons (Fsp3) is 0.417. The van der Waals surface area contributed by atoms with Crippen LogP contribution in [-0.2, 0) is 0 Å². The molecule has 1 aromatic carbocycles. The van der Waals surface area contributed by atoms with E-state index in [0.717, 1.165) is 12.8 Å². The first-order valence-electron chi connectivity index (χ1n) is 5.63. The highest BCUT2D eigenvalue weighted by atomic mass is 32.2. The van der Waals surface area contributed by atoms with Crippen LogP contribution in [0.25, 0.3) is 0 Å². The molecule has 1 saturated carbocycles. The van der Waals surface area contributed by atoms with Crippen LogP contribution in [0, 0.1) is 27.4 Å². The summed E-state index contributed by atoms with van der Waals surface area (Å²) < 4.78 is 0. The van der Waals surface area contributed by atoms with Crippen molar-refractivity contribution in [3.05, 3.63) is 34.4 Å². The first-order valence-corrected chi connectivity index (χ1v) is 6.62. The standard InChI is InChI=1S/C12H13N3O2S/c13-7-12(14,9-5-6-9)8-18-11-4-2-1-3-10(11)15(16)17/h1-4,9H,5-6,8,14H2. The minimum atomic E-state index is -0.867. The molecule has 94 valence electrons. The SMILES string of the molecule is N#CC(N)(CSc1ccccc1[N+](=O)[O-])C1CC1. The smallest absolute Gasteiger partial charge is 0.282 e. The molecule has 1 aliphatic rings. The molecule has 0 radical (unpaired) electrons. The lowest BCUT2D eigenvalue weighted by atomic mass is 10.00. The van der Waals surface area contributed by atoms with Crippen molar-refractivity contribution in [3.63, 3.8) is 0 Å². The van der Waals surface area contributed by atoms with Gasteiger partial charge in [0.2, 0.25) is 0 Å². The molecule has 0 saturated heterocycles. The van der Waals surface area contributed by atoms with Crippen LogP contribution < -0.4 is 5.73 Å². The van der Waals surface area contributed by atoms with Gasteiger partial charge in [-0.15, -0.1) is 11.8 Å². The van der Waals surface area contributed by atoms with E-state index in [2.05, 4.69) is 6.07 Å². The van der Waals surface area contributed by atoms with Gasteiger partial charge in [0, 0.05) is 11.8 Å². The second kappa shape index (κ2) is 4.96. The Balaban J connectivity index is 2.11. The number of nitrogens with zero attached hydrogens (tertiary/aromatic N) is 2. The van der Waals surface area contributed by atoms with Crippen LogP contribution in [0.3, 0.4) is 0 Å². The molecule has 6 heteroatoms. The molecule has 0 amide bonds. The minimum Gasteiger partial charge on any atom is -0.312 e. The summed E-state index contributed by atoms with van der Waals surface area (Å²) in [6, 6.07) is 8.67. The summed E-state index contributed by atoms with van der Waals surface area (Å²) in [7, 11) is 0. The van der Waals surface area contributed by atoms with Gasteiger partial charge in [0.15, 0.2) is 0 Å². The van der Waals surface area contributed by atoms with Gasteiger partial charge in [0.05, 0.1) is 15.9 Å². The number of nitro benzene ring substituents is 1. The predicted octanol–water partition coefficient (Wildman–Crippen LogP) is 2.32. The molecule has 0 aromatic heterocycles. The van der Waals surface area contributed by atoms with Gasteiger partial charge in [-0.2, -0.15) is 5.26 Å². The number of thioether (sulfide) groups is 1. The quantitative estimate of drug-likeness (QED) is 0.500. The van der Waals surface area contributed by atoms with E-state index in [-0.39, 0.29) is 11.6 Å². The molecular weight excluding hydrogens is 250 g/mol. The van der Waals surface area contributed by atoms with Crippen LogP contribution in [-0.4, -0.2) is 16.2 Å². The highest BCUT2D eigenvalue weighted by Gasteiger charge is 2.42. The molecule has 0 spiro atoms. The Morgan fingerprint density at radius 2 is 2.22 bits per heavy atom. The van der Waals surface area contributed by atoms with Crippen LogP contribution in [0.5, 0.6) is 0 Å². The maximum Gasteiger partial charge on any atom is 0.282 e. The van der Waals surface area contributed by atoms with Gasteiger partial charge >= 0.3 is 0 Å². The number of hydrogen-bond donors (Lipinski definition) is 1. The minimum absolute atomic E-state index is 0.0681. The lowest BCUT2D eigenvalue weighted by Crippen LogP contribution is -2.43. The lowest BCUT2D eigenvalue weighted by Gasteiger charge is -2.20. The number of para-hydroxylation sites is 1. The van der Waals surface area contributed by atoms with Gasteiger partial charge in [0.1, 0.15) is 5.54 Å². The lowest BCUT2D eigenvalue weighted by molar-refractivity contribution is -0.387. The normalized spacial score (nSPS) is 17.8. The summed E-state index contributed by atoms with van der Waals surface area (Å²) in [6.45, 7) is 0. The number of nitro groups is 1. The van der Waals surface area contributed by atoms with Crippen LogP contribution in [0.15, 0.2) is 29.2 Å². The third-order valence-corrected chi connectivity index (χ3v) is 4.32. The molecule has 1 unspecified atom stereocenters. The first-order chi connectivity index (χ1) is 8.57. The Morgan fingerprint density at radius 1 is 1.56 bits per heavy atom. The highest BCUT2D eigenvalue weighted by Crippen LogP contribution is 2.41. The average Bonchev–Trinajstić information content (AvgIpc) is 3.21. The average molecular weight is 263 g/mol. The van der Waals surface area contributed by atoms with Gasteiger partial charge in [0.25, 0.3) is 5.69 Å². The van der Waals surface area contributed by atoms with Crippen molar-refractivity contribution >= 4 is 17.4 Å². The zero-order valence-corrected chi connectivity index (χ0v) is 10.5. The van der Waals surface area contributed by atoms with E-state index in [1.54, 1.807) is 18.2 Å². The van der Waals surface area contributed by atoms with Crippen LogP contribution in [0.2, 0.25) is 0 Å². The van der Waals surface area contributed by atoms with E-state index in [4.69, 9.17) is 11.0 Å². The van der Waals surface area contributed by atoms with E-state index in [9.17, 15) is 10.1 Å².